The van der Waals surface area contributed by atoms with Crippen LogP contribution in [0.1, 0.15) is 57.3 Å². The summed E-state index contributed by atoms with van der Waals surface area (Å²) in [5.41, 5.74) is 8.96. The van der Waals surface area contributed by atoms with Crippen molar-refractivity contribution in [2.75, 3.05) is 0 Å². The van der Waals surface area contributed by atoms with Gasteiger partial charge in [0.05, 0.1) is 15.9 Å². The van der Waals surface area contributed by atoms with Gasteiger partial charge in [0.2, 0.25) is 0 Å². The predicted molar refractivity (Wildman–Crippen MR) is 90.2 cm³/mol. The molecule has 2 aliphatic rings. The normalized spacial score (nSPS) is 29.2. The molecule has 3 rings (SSSR count). The lowest BCUT2D eigenvalue weighted by Gasteiger charge is -2.25. The molecule has 2 aliphatic carbocycles. The van der Waals surface area contributed by atoms with E-state index >= 15 is 0 Å². The van der Waals surface area contributed by atoms with Crippen LogP contribution in [0.4, 0.5) is 0 Å². The van der Waals surface area contributed by atoms with Gasteiger partial charge in [-0.2, -0.15) is 5.10 Å². The van der Waals surface area contributed by atoms with Gasteiger partial charge in [-0.1, -0.05) is 13.3 Å². The Labute approximate surface area is 136 Å². The lowest BCUT2D eigenvalue weighted by Crippen LogP contribution is -2.29. The van der Waals surface area contributed by atoms with Crippen LogP contribution in [-0.4, -0.2) is 15.8 Å². The molecule has 4 unspecified atom stereocenters. The standard InChI is InChI=1S/C17H28BrN3/c1-3-15-17(18)16(21(4-2)20-15)10-14(19)9-13-8-11-5-6-12(13)7-11/h11-14H,3-10,19H2,1-2H3. The Balaban J connectivity index is 1.64. The molecule has 0 saturated heterocycles. The Morgan fingerprint density at radius 2 is 2.14 bits per heavy atom. The molecule has 4 atom stereocenters. The quantitative estimate of drug-likeness (QED) is 0.841. The smallest absolute Gasteiger partial charge is 0.0766 e. The molecule has 0 radical (unpaired) electrons. The summed E-state index contributed by atoms with van der Waals surface area (Å²) >= 11 is 3.74. The van der Waals surface area contributed by atoms with Crippen molar-refractivity contribution in [3.63, 3.8) is 0 Å². The molecular formula is C17H28BrN3. The zero-order valence-electron chi connectivity index (χ0n) is 13.3. The molecule has 1 aromatic heterocycles. The maximum absolute atomic E-state index is 6.50. The Hall–Kier alpha value is -0.350. The van der Waals surface area contributed by atoms with Gasteiger partial charge in [-0.3, -0.25) is 4.68 Å². The second kappa shape index (κ2) is 6.41. The highest BCUT2D eigenvalue weighted by Gasteiger charge is 2.39. The molecule has 21 heavy (non-hydrogen) atoms. The van der Waals surface area contributed by atoms with Crippen LogP contribution in [-0.2, 0) is 19.4 Å². The van der Waals surface area contributed by atoms with Crippen molar-refractivity contribution in [3.8, 4) is 0 Å². The summed E-state index contributed by atoms with van der Waals surface area (Å²) in [6, 6.07) is 0.275. The number of aryl methyl sites for hydroxylation is 2. The monoisotopic (exact) mass is 353 g/mol. The Morgan fingerprint density at radius 1 is 1.33 bits per heavy atom. The van der Waals surface area contributed by atoms with E-state index in [4.69, 9.17) is 5.73 Å². The van der Waals surface area contributed by atoms with Gasteiger partial charge < -0.3 is 5.73 Å². The van der Waals surface area contributed by atoms with E-state index in [1.54, 1.807) is 0 Å². The van der Waals surface area contributed by atoms with E-state index in [9.17, 15) is 0 Å². The first kappa shape index (κ1) is 15.5. The van der Waals surface area contributed by atoms with Crippen molar-refractivity contribution in [3.05, 3.63) is 15.9 Å². The molecule has 0 aromatic carbocycles. The van der Waals surface area contributed by atoms with Crippen molar-refractivity contribution in [2.45, 2.75) is 71.4 Å². The van der Waals surface area contributed by atoms with E-state index in [1.807, 2.05) is 0 Å². The molecule has 0 spiro atoms. The Kier molecular flexibility index (Phi) is 4.75. The first-order valence-corrected chi connectivity index (χ1v) is 9.41. The lowest BCUT2D eigenvalue weighted by molar-refractivity contribution is 0.292. The fourth-order valence-corrected chi connectivity index (χ4v) is 5.32. The molecule has 4 heteroatoms. The van der Waals surface area contributed by atoms with E-state index < -0.39 is 0 Å². The number of aromatic nitrogens is 2. The summed E-state index contributed by atoms with van der Waals surface area (Å²) in [6.07, 6.45) is 8.98. The third-order valence-corrected chi connectivity index (χ3v) is 6.56. The highest BCUT2D eigenvalue weighted by atomic mass is 79.9. The van der Waals surface area contributed by atoms with Gasteiger partial charge in [0, 0.05) is 19.0 Å². The van der Waals surface area contributed by atoms with E-state index in [0.717, 1.165) is 37.1 Å². The average molecular weight is 354 g/mol. The van der Waals surface area contributed by atoms with E-state index in [0.29, 0.717) is 0 Å². The van der Waals surface area contributed by atoms with Gasteiger partial charge in [0.15, 0.2) is 0 Å². The van der Waals surface area contributed by atoms with Crippen LogP contribution in [0.2, 0.25) is 0 Å². The van der Waals surface area contributed by atoms with Crippen molar-refractivity contribution in [1.82, 2.24) is 9.78 Å². The lowest BCUT2D eigenvalue weighted by atomic mass is 9.83. The van der Waals surface area contributed by atoms with Crippen LogP contribution in [0, 0.1) is 17.8 Å². The largest absolute Gasteiger partial charge is 0.327 e. The number of hydrogen-bond acceptors (Lipinski definition) is 2. The molecule has 2 bridgehead atoms. The van der Waals surface area contributed by atoms with Crippen molar-refractivity contribution < 1.29 is 0 Å². The molecule has 118 valence electrons. The van der Waals surface area contributed by atoms with Crippen molar-refractivity contribution in [2.24, 2.45) is 23.5 Å². The number of hydrogen-bond donors (Lipinski definition) is 1. The van der Waals surface area contributed by atoms with E-state index in [2.05, 4.69) is 39.6 Å². The topological polar surface area (TPSA) is 43.8 Å². The molecule has 3 nitrogen and oxygen atoms in total. The Morgan fingerprint density at radius 3 is 2.71 bits per heavy atom. The van der Waals surface area contributed by atoms with Gasteiger partial charge in [-0.15, -0.1) is 0 Å². The summed E-state index contributed by atoms with van der Waals surface area (Å²) in [7, 11) is 0. The number of fused-ring (bicyclic) bond motifs is 2. The highest BCUT2D eigenvalue weighted by Crippen LogP contribution is 2.49. The van der Waals surface area contributed by atoms with Gasteiger partial charge in [-0.05, 0) is 72.7 Å². The summed E-state index contributed by atoms with van der Waals surface area (Å²) in [5.74, 6) is 2.89. The summed E-state index contributed by atoms with van der Waals surface area (Å²) < 4.78 is 3.32. The molecule has 1 aromatic rings. The predicted octanol–water partition coefficient (Wildman–Crippen LogP) is 3.92. The zero-order valence-corrected chi connectivity index (χ0v) is 14.9. The molecule has 0 amide bonds. The van der Waals surface area contributed by atoms with Crippen molar-refractivity contribution >= 4 is 15.9 Å². The van der Waals surface area contributed by atoms with Gasteiger partial charge >= 0.3 is 0 Å². The van der Waals surface area contributed by atoms with Crippen LogP contribution in [0.15, 0.2) is 4.47 Å². The second-order valence-electron chi connectivity index (χ2n) is 7.01. The van der Waals surface area contributed by atoms with Crippen molar-refractivity contribution in [1.29, 1.82) is 0 Å². The third kappa shape index (κ3) is 3.07. The third-order valence-electron chi connectivity index (χ3n) is 5.64. The number of rotatable bonds is 6. The molecule has 0 aliphatic heterocycles. The second-order valence-corrected chi connectivity index (χ2v) is 7.80. The van der Waals surface area contributed by atoms with Gasteiger partial charge in [-0.25, -0.2) is 0 Å². The Bertz CT molecular complexity index is 496. The first-order chi connectivity index (χ1) is 10.1. The van der Waals surface area contributed by atoms with Crippen LogP contribution in [0.5, 0.6) is 0 Å². The summed E-state index contributed by atoms with van der Waals surface area (Å²) in [4.78, 5) is 0. The minimum Gasteiger partial charge on any atom is -0.327 e. The molecule has 2 fully saturated rings. The first-order valence-electron chi connectivity index (χ1n) is 8.61. The molecule has 1 heterocycles. The fraction of sp³-hybridized carbons (Fsp3) is 0.824. The molecular weight excluding hydrogens is 326 g/mol. The summed E-state index contributed by atoms with van der Waals surface area (Å²) in [6.45, 7) is 5.24. The van der Waals surface area contributed by atoms with Crippen LogP contribution < -0.4 is 5.73 Å². The maximum Gasteiger partial charge on any atom is 0.0766 e. The van der Waals surface area contributed by atoms with Crippen LogP contribution in [0.3, 0.4) is 0 Å². The van der Waals surface area contributed by atoms with E-state index in [1.165, 1.54) is 48.0 Å². The van der Waals surface area contributed by atoms with Gasteiger partial charge in [0.25, 0.3) is 0 Å². The minimum absolute atomic E-state index is 0.275. The maximum atomic E-state index is 6.50. The SMILES string of the molecule is CCc1nn(CC)c(CC(N)CC2CC3CCC2C3)c1Br. The average Bonchev–Trinajstić information content (AvgIpc) is 3.15. The van der Waals surface area contributed by atoms with Gasteiger partial charge in [0.1, 0.15) is 0 Å². The molecule has 2 saturated carbocycles. The highest BCUT2D eigenvalue weighted by molar-refractivity contribution is 9.10. The zero-order chi connectivity index (χ0) is 15.0. The number of nitrogens with two attached hydrogens (primary N) is 1. The van der Waals surface area contributed by atoms with E-state index in [-0.39, 0.29) is 6.04 Å². The van der Waals surface area contributed by atoms with Crippen LogP contribution in [0.25, 0.3) is 0 Å². The number of nitrogens with zero attached hydrogens (tertiary/aromatic N) is 2. The van der Waals surface area contributed by atoms with Crippen LogP contribution >= 0.6 is 15.9 Å². The summed E-state index contributed by atoms with van der Waals surface area (Å²) in [5, 5.41) is 4.68. The minimum atomic E-state index is 0.275. The number of halogens is 1. The fourth-order valence-electron chi connectivity index (χ4n) is 4.60. The molecule has 2 N–H and O–H groups in total.